The smallest absolute Gasteiger partial charge is 0.0294 e. The van der Waals surface area contributed by atoms with Gasteiger partial charge in [0.25, 0.3) is 0 Å². The lowest BCUT2D eigenvalue weighted by Gasteiger charge is -2.21. The van der Waals surface area contributed by atoms with E-state index in [0.717, 1.165) is 0 Å². The van der Waals surface area contributed by atoms with Crippen molar-refractivity contribution in [3.8, 4) is 0 Å². The van der Waals surface area contributed by atoms with Crippen LogP contribution in [-0.2, 0) is 5.41 Å². The summed E-state index contributed by atoms with van der Waals surface area (Å²) >= 11 is 0. The Morgan fingerprint density at radius 2 is 1.67 bits per heavy atom. The van der Waals surface area contributed by atoms with Crippen molar-refractivity contribution >= 4 is 0 Å². The van der Waals surface area contributed by atoms with Crippen LogP contribution in [0.4, 0.5) is 0 Å². The molecule has 2 rings (SSSR count). The van der Waals surface area contributed by atoms with Gasteiger partial charge in [0.05, 0.1) is 0 Å². The fraction of sp³-hybridized carbons (Fsp3) is 0.647. The van der Waals surface area contributed by atoms with Crippen LogP contribution in [0.25, 0.3) is 0 Å². The van der Waals surface area contributed by atoms with Crippen LogP contribution in [0.5, 0.6) is 0 Å². The van der Waals surface area contributed by atoms with E-state index in [2.05, 4.69) is 71.1 Å². The van der Waals surface area contributed by atoms with Gasteiger partial charge in [-0.2, -0.15) is 0 Å². The third-order valence-corrected chi connectivity index (χ3v) is 4.24. The predicted octanol–water partition coefficient (Wildman–Crippen LogP) is 4.43. The molecule has 0 aromatic heterocycles. The third kappa shape index (κ3) is 2.95. The zero-order valence-electron chi connectivity index (χ0n) is 12.7. The molecule has 0 amide bonds. The normalized spacial score (nSPS) is 23.8. The van der Waals surface area contributed by atoms with E-state index in [-0.39, 0.29) is 5.41 Å². The van der Waals surface area contributed by atoms with E-state index in [1.165, 1.54) is 17.5 Å². The Morgan fingerprint density at radius 1 is 1.17 bits per heavy atom. The first-order valence-electron chi connectivity index (χ1n) is 7.07. The molecular formula is C17H27N. The van der Waals surface area contributed by atoms with Crippen LogP contribution in [0, 0.1) is 5.41 Å². The predicted molar refractivity (Wildman–Crippen MR) is 78.9 cm³/mol. The molecule has 1 nitrogen and oxygen atoms in total. The number of benzene rings is 1. The van der Waals surface area contributed by atoms with Gasteiger partial charge in [-0.05, 0) is 35.3 Å². The van der Waals surface area contributed by atoms with Gasteiger partial charge < -0.3 is 5.32 Å². The second-order valence-corrected chi connectivity index (χ2v) is 7.51. The Hall–Kier alpha value is -0.820. The molecule has 1 aliphatic carbocycles. The fourth-order valence-electron chi connectivity index (χ4n) is 2.42. The summed E-state index contributed by atoms with van der Waals surface area (Å²) in [5.41, 5.74) is 3.55. The van der Waals surface area contributed by atoms with E-state index < -0.39 is 0 Å². The standard InChI is InChI=1S/C17H27N/c1-12(18-15-11-17(15,5)6)13-7-9-14(10-8-13)16(2,3)4/h7-10,12,15,18H,11H2,1-6H3. The summed E-state index contributed by atoms with van der Waals surface area (Å²) in [5, 5.41) is 3.72. The molecule has 1 fully saturated rings. The quantitative estimate of drug-likeness (QED) is 0.830. The summed E-state index contributed by atoms with van der Waals surface area (Å²) in [6, 6.07) is 10.2. The fourth-order valence-corrected chi connectivity index (χ4v) is 2.42. The molecule has 1 aromatic rings. The lowest BCUT2D eigenvalue weighted by molar-refractivity contribution is 0.491. The molecule has 100 valence electrons. The second-order valence-electron chi connectivity index (χ2n) is 7.51. The van der Waals surface area contributed by atoms with Crippen molar-refractivity contribution in [3.05, 3.63) is 35.4 Å². The Morgan fingerprint density at radius 3 is 2.06 bits per heavy atom. The molecule has 2 unspecified atom stereocenters. The summed E-state index contributed by atoms with van der Waals surface area (Å²) in [6.07, 6.45) is 1.30. The van der Waals surface area contributed by atoms with Gasteiger partial charge in [0.2, 0.25) is 0 Å². The molecule has 0 bridgehead atoms. The van der Waals surface area contributed by atoms with Crippen molar-refractivity contribution in [3.63, 3.8) is 0 Å². The molecule has 18 heavy (non-hydrogen) atoms. The molecular weight excluding hydrogens is 218 g/mol. The number of hydrogen-bond donors (Lipinski definition) is 1. The minimum atomic E-state index is 0.244. The van der Waals surface area contributed by atoms with Crippen LogP contribution in [0.1, 0.15) is 65.1 Å². The Kier molecular flexibility index (Phi) is 3.31. The summed E-state index contributed by atoms with van der Waals surface area (Å²) in [7, 11) is 0. The first-order valence-corrected chi connectivity index (χ1v) is 7.07. The molecule has 0 heterocycles. The van der Waals surface area contributed by atoms with Gasteiger partial charge in [-0.1, -0.05) is 58.9 Å². The van der Waals surface area contributed by atoms with Gasteiger partial charge in [-0.25, -0.2) is 0 Å². The van der Waals surface area contributed by atoms with Crippen LogP contribution >= 0.6 is 0 Å². The molecule has 1 aromatic carbocycles. The Balaban J connectivity index is 2.01. The van der Waals surface area contributed by atoms with E-state index >= 15 is 0 Å². The maximum Gasteiger partial charge on any atom is 0.0294 e. The van der Waals surface area contributed by atoms with E-state index in [1.807, 2.05) is 0 Å². The van der Waals surface area contributed by atoms with Crippen molar-refractivity contribution < 1.29 is 0 Å². The minimum Gasteiger partial charge on any atom is -0.307 e. The number of rotatable bonds is 3. The SMILES string of the molecule is CC(NC1CC1(C)C)c1ccc(C(C)(C)C)cc1. The summed E-state index contributed by atoms with van der Waals surface area (Å²) in [5.74, 6) is 0. The number of nitrogens with one attached hydrogen (secondary N) is 1. The monoisotopic (exact) mass is 245 g/mol. The average molecular weight is 245 g/mol. The van der Waals surface area contributed by atoms with Gasteiger partial charge >= 0.3 is 0 Å². The molecule has 0 aliphatic heterocycles. The summed E-state index contributed by atoms with van der Waals surface area (Å²) in [4.78, 5) is 0. The summed E-state index contributed by atoms with van der Waals surface area (Å²) < 4.78 is 0. The van der Waals surface area contributed by atoms with Crippen LogP contribution in [0.15, 0.2) is 24.3 Å². The minimum absolute atomic E-state index is 0.244. The van der Waals surface area contributed by atoms with E-state index in [0.29, 0.717) is 17.5 Å². The van der Waals surface area contributed by atoms with Gasteiger partial charge in [0.1, 0.15) is 0 Å². The highest BCUT2D eigenvalue weighted by molar-refractivity contribution is 5.29. The first kappa shape index (κ1) is 13.6. The lowest BCUT2D eigenvalue weighted by atomic mass is 9.86. The molecule has 0 radical (unpaired) electrons. The van der Waals surface area contributed by atoms with Crippen LogP contribution in [0.3, 0.4) is 0 Å². The van der Waals surface area contributed by atoms with Crippen molar-refractivity contribution in [2.45, 2.75) is 65.5 Å². The molecule has 1 aliphatic rings. The van der Waals surface area contributed by atoms with E-state index in [9.17, 15) is 0 Å². The molecule has 1 saturated carbocycles. The summed E-state index contributed by atoms with van der Waals surface area (Å²) in [6.45, 7) is 13.7. The second kappa shape index (κ2) is 4.38. The van der Waals surface area contributed by atoms with Gasteiger partial charge in [0, 0.05) is 12.1 Å². The first-order chi connectivity index (χ1) is 8.20. The van der Waals surface area contributed by atoms with E-state index in [1.54, 1.807) is 0 Å². The topological polar surface area (TPSA) is 12.0 Å². The van der Waals surface area contributed by atoms with Crippen molar-refractivity contribution in [1.82, 2.24) is 5.32 Å². The molecule has 0 spiro atoms. The van der Waals surface area contributed by atoms with Gasteiger partial charge in [0.15, 0.2) is 0 Å². The van der Waals surface area contributed by atoms with Gasteiger partial charge in [-0.3, -0.25) is 0 Å². The third-order valence-electron chi connectivity index (χ3n) is 4.24. The van der Waals surface area contributed by atoms with Crippen LogP contribution in [0.2, 0.25) is 0 Å². The van der Waals surface area contributed by atoms with Crippen molar-refractivity contribution in [2.24, 2.45) is 5.41 Å². The average Bonchev–Trinajstić information content (AvgIpc) is 2.85. The molecule has 0 saturated heterocycles. The highest BCUT2D eigenvalue weighted by Crippen LogP contribution is 2.45. The lowest BCUT2D eigenvalue weighted by Crippen LogP contribution is -2.24. The highest BCUT2D eigenvalue weighted by atomic mass is 15.0. The Labute approximate surface area is 112 Å². The Bertz CT molecular complexity index is 408. The van der Waals surface area contributed by atoms with Gasteiger partial charge in [-0.15, -0.1) is 0 Å². The molecule has 1 N–H and O–H groups in total. The molecule has 1 heteroatoms. The number of hydrogen-bond acceptors (Lipinski definition) is 1. The molecule has 2 atom stereocenters. The van der Waals surface area contributed by atoms with Crippen LogP contribution < -0.4 is 5.32 Å². The van der Waals surface area contributed by atoms with E-state index in [4.69, 9.17) is 0 Å². The maximum absolute atomic E-state index is 3.72. The van der Waals surface area contributed by atoms with Crippen molar-refractivity contribution in [1.29, 1.82) is 0 Å². The van der Waals surface area contributed by atoms with Crippen molar-refractivity contribution in [2.75, 3.05) is 0 Å². The zero-order chi connectivity index (χ0) is 13.6. The highest BCUT2D eigenvalue weighted by Gasteiger charge is 2.45. The largest absolute Gasteiger partial charge is 0.307 e. The zero-order valence-corrected chi connectivity index (χ0v) is 12.7. The van der Waals surface area contributed by atoms with Crippen LogP contribution in [-0.4, -0.2) is 6.04 Å². The maximum atomic E-state index is 3.72.